The topological polar surface area (TPSA) is 138 Å². The normalized spacial score (nSPS) is 19.1. The zero-order valence-corrected chi connectivity index (χ0v) is 19.6. The molecule has 4 rings (SSSR count). The lowest BCUT2D eigenvalue weighted by molar-refractivity contribution is -2.00. The van der Waals surface area contributed by atoms with Crippen molar-refractivity contribution < 1.29 is 47.8 Å². The van der Waals surface area contributed by atoms with E-state index in [1.54, 1.807) is 14.2 Å². The summed E-state index contributed by atoms with van der Waals surface area (Å²) in [6, 6.07) is 16.5. The van der Waals surface area contributed by atoms with Crippen molar-refractivity contribution in [2.75, 3.05) is 14.2 Å². The van der Waals surface area contributed by atoms with Crippen molar-refractivity contribution in [1.82, 2.24) is 0 Å². The molecule has 1 fully saturated rings. The van der Waals surface area contributed by atoms with Gasteiger partial charge in [0.25, 0.3) is 0 Å². The molecule has 178 valence electrons. The van der Waals surface area contributed by atoms with Crippen molar-refractivity contribution in [3.63, 3.8) is 0 Å². The molecule has 1 aliphatic carbocycles. The Balaban J connectivity index is 0.000000555. The summed E-state index contributed by atoms with van der Waals surface area (Å²) in [4.78, 5) is 3.82. The second kappa shape index (κ2) is 11.0. The number of hydrogen-bond acceptors (Lipinski definition) is 7. The lowest BCUT2D eigenvalue weighted by Gasteiger charge is -2.21. The van der Waals surface area contributed by atoms with Crippen LogP contribution in [0.5, 0.6) is 11.5 Å². The van der Waals surface area contributed by atoms with Gasteiger partial charge in [-0.05, 0) is 55.3 Å². The molecule has 1 heterocycles. The van der Waals surface area contributed by atoms with Crippen molar-refractivity contribution >= 4 is 11.0 Å². The molecular formula is C24H28ClNO7. The fraction of sp³-hybridized carbons (Fsp3) is 0.375. The van der Waals surface area contributed by atoms with Crippen LogP contribution in [0.15, 0.2) is 52.9 Å². The lowest BCUT2D eigenvalue weighted by Crippen LogP contribution is -2.84. The van der Waals surface area contributed by atoms with Crippen molar-refractivity contribution in [3.8, 4) is 22.8 Å². The number of ether oxygens (including phenoxy) is 2. The van der Waals surface area contributed by atoms with Gasteiger partial charge in [-0.1, -0.05) is 13.3 Å². The fourth-order valence-electron chi connectivity index (χ4n) is 4.04. The zero-order valence-electron chi connectivity index (χ0n) is 18.8. The van der Waals surface area contributed by atoms with Gasteiger partial charge in [0.2, 0.25) is 5.36 Å². The lowest BCUT2D eigenvalue weighted by atomic mass is 9.86. The SMILES string of the molecule is COc1ccc(-c2cc(=[NH+]C3CCCCC3C)c3cc(OC)ccc3o2)cc1.[O-][Cl+3]([O-])([O-])[O-]. The Labute approximate surface area is 194 Å². The quantitative estimate of drug-likeness (QED) is 0.504. The fourth-order valence-corrected chi connectivity index (χ4v) is 4.04. The second-order valence-electron chi connectivity index (χ2n) is 8.01. The Morgan fingerprint density at radius 3 is 2.09 bits per heavy atom. The molecule has 8 nitrogen and oxygen atoms in total. The summed E-state index contributed by atoms with van der Waals surface area (Å²) < 4.78 is 50.9. The molecule has 1 aliphatic rings. The number of nitrogens with one attached hydrogen (secondary N) is 1. The first-order valence-corrected chi connectivity index (χ1v) is 11.9. The predicted molar refractivity (Wildman–Crippen MR) is 110 cm³/mol. The van der Waals surface area contributed by atoms with Gasteiger partial charge in [-0.15, -0.1) is 10.2 Å². The van der Waals surface area contributed by atoms with Crippen LogP contribution in [-0.2, 0) is 0 Å². The van der Waals surface area contributed by atoms with E-state index in [4.69, 9.17) is 32.5 Å². The van der Waals surface area contributed by atoms with E-state index in [1.807, 2.05) is 42.5 Å². The Kier molecular flexibility index (Phi) is 8.34. The Hall–Kier alpha value is -2.62. The van der Waals surface area contributed by atoms with Crippen molar-refractivity contribution in [2.24, 2.45) is 5.92 Å². The van der Waals surface area contributed by atoms with E-state index in [0.717, 1.165) is 39.1 Å². The summed E-state index contributed by atoms with van der Waals surface area (Å²) in [5.41, 5.74) is 1.87. The molecule has 0 saturated heterocycles. The predicted octanol–water partition coefficient (Wildman–Crippen LogP) is -1.08. The van der Waals surface area contributed by atoms with Gasteiger partial charge in [-0.25, -0.2) is 23.6 Å². The largest absolute Gasteiger partial charge is 0.497 e. The molecule has 2 aromatic carbocycles. The first kappa shape index (κ1) is 25.0. The maximum Gasteiger partial charge on any atom is 0.213 e. The summed E-state index contributed by atoms with van der Waals surface area (Å²) in [5, 5.41) is 2.15. The summed E-state index contributed by atoms with van der Waals surface area (Å²) in [6.07, 6.45) is 5.10. The maximum atomic E-state index is 8.49. The van der Waals surface area contributed by atoms with Gasteiger partial charge in [0.15, 0.2) is 6.04 Å². The van der Waals surface area contributed by atoms with Crippen LogP contribution in [0, 0.1) is 16.2 Å². The molecule has 0 radical (unpaired) electrons. The van der Waals surface area contributed by atoms with Gasteiger partial charge in [0, 0.05) is 17.9 Å². The van der Waals surface area contributed by atoms with Crippen LogP contribution in [0.1, 0.15) is 32.6 Å². The molecule has 0 amide bonds. The molecule has 33 heavy (non-hydrogen) atoms. The Bertz CT molecular complexity index is 1120. The molecule has 2 atom stereocenters. The van der Waals surface area contributed by atoms with E-state index in [2.05, 4.69) is 18.0 Å². The van der Waals surface area contributed by atoms with Crippen LogP contribution < -0.4 is 38.5 Å². The molecule has 0 spiro atoms. The number of benzene rings is 2. The molecule has 3 aromatic rings. The van der Waals surface area contributed by atoms with Gasteiger partial charge >= 0.3 is 0 Å². The highest BCUT2D eigenvalue weighted by molar-refractivity contribution is 5.79. The summed E-state index contributed by atoms with van der Waals surface area (Å²) in [6.45, 7) is 2.34. The van der Waals surface area contributed by atoms with Crippen molar-refractivity contribution in [2.45, 2.75) is 38.6 Å². The minimum absolute atomic E-state index is 0.481. The van der Waals surface area contributed by atoms with Crippen LogP contribution in [0.25, 0.3) is 22.3 Å². The van der Waals surface area contributed by atoms with Gasteiger partial charge in [-0.2, -0.15) is 0 Å². The van der Waals surface area contributed by atoms with Crippen LogP contribution >= 0.6 is 0 Å². The van der Waals surface area contributed by atoms with Gasteiger partial charge in [0.05, 0.1) is 25.7 Å². The summed E-state index contributed by atoms with van der Waals surface area (Å²) in [5.74, 6) is 3.17. The van der Waals surface area contributed by atoms with Crippen molar-refractivity contribution in [1.29, 1.82) is 0 Å². The smallest absolute Gasteiger partial charge is 0.213 e. The molecule has 2 unspecified atom stereocenters. The first-order chi connectivity index (χ1) is 15.7. The van der Waals surface area contributed by atoms with Crippen LogP contribution in [-0.4, -0.2) is 20.3 Å². The van der Waals surface area contributed by atoms with Crippen molar-refractivity contribution in [3.05, 3.63) is 53.9 Å². The minimum Gasteiger partial charge on any atom is -0.497 e. The first-order valence-electron chi connectivity index (χ1n) is 10.7. The number of rotatable bonds is 4. The van der Waals surface area contributed by atoms with E-state index in [-0.39, 0.29) is 0 Å². The molecule has 0 aliphatic heterocycles. The maximum absolute atomic E-state index is 8.49. The highest BCUT2D eigenvalue weighted by Crippen LogP contribution is 2.26. The summed E-state index contributed by atoms with van der Waals surface area (Å²) >= 11 is 0. The monoisotopic (exact) mass is 477 g/mol. The van der Waals surface area contributed by atoms with Crippen LogP contribution in [0.3, 0.4) is 0 Å². The Morgan fingerprint density at radius 1 is 0.879 bits per heavy atom. The van der Waals surface area contributed by atoms with Gasteiger partial charge in [-0.3, -0.25) is 0 Å². The van der Waals surface area contributed by atoms with Crippen LogP contribution in [0.4, 0.5) is 0 Å². The average molecular weight is 478 g/mol. The molecule has 1 saturated carbocycles. The van der Waals surface area contributed by atoms with E-state index < -0.39 is 10.2 Å². The molecular weight excluding hydrogens is 450 g/mol. The van der Waals surface area contributed by atoms with Gasteiger partial charge < -0.3 is 13.9 Å². The standard InChI is InChI=1S/C24H27NO3.ClHO4/c1-16-6-4-5-7-21(16)25-22-15-24(17-8-10-18(26-2)11-9-17)28-23-13-12-19(27-3)14-20(22)23;2-1(3,4)5/h8-16,21H,4-7H2,1-3H3;(H,2,3,4,5). The Morgan fingerprint density at radius 2 is 1.48 bits per heavy atom. The number of methoxy groups -OCH3 is 2. The number of fused-ring (bicyclic) bond motifs is 1. The molecule has 9 heteroatoms. The van der Waals surface area contributed by atoms with E-state index in [1.165, 1.54) is 25.7 Å². The molecule has 1 aromatic heterocycles. The third-order valence-corrected chi connectivity index (χ3v) is 5.80. The minimum atomic E-state index is -4.94. The number of hydrogen-bond donors (Lipinski definition) is 1. The van der Waals surface area contributed by atoms with E-state index in [0.29, 0.717) is 12.0 Å². The third kappa shape index (κ3) is 7.18. The zero-order chi connectivity index (χ0) is 24.0. The van der Waals surface area contributed by atoms with E-state index in [9.17, 15) is 0 Å². The second-order valence-corrected chi connectivity index (χ2v) is 8.76. The highest BCUT2D eigenvalue weighted by Gasteiger charge is 2.25. The average Bonchev–Trinajstić information content (AvgIpc) is 2.79. The molecule has 0 bridgehead atoms. The highest BCUT2D eigenvalue weighted by atomic mass is 35.7. The summed E-state index contributed by atoms with van der Waals surface area (Å²) in [7, 11) is -1.57. The molecule has 1 N–H and O–H groups in total. The van der Waals surface area contributed by atoms with E-state index >= 15 is 0 Å². The van der Waals surface area contributed by atoms with Gasteiger partial charge in [0.1, 0.15) is 22.8 Å². The number of halogens is 1. The third-order valence-electron chi connectivity index (χ3n) is 5.80. The van der Waals surface area contributed by atoms with Crippen LogP contribution in [0.2, 0.25) is 0 Å².